The van der Waals surface area contributed by atoms with E-state index in [2.05, 4.69) is 61.7 Å². The number of piperidine rings is 1. The number of carbonyl (C=O) groups is 1. The molecule has 0 spiro atoms. The zero-order valence-electron chi connectivity index (χ0n) is 18.6. The van der Waals surface area contributed by atoms with E-state index >= 15 is 0 Å². The standard InChI is InChI=1S/C26H28N6O/c1-18-5-10-24(32-31-18)20-3-2-4-23(15-20)30-25(33)26(11-13-27-14-12-26)22-8-6-19(7-9-22)21-16-28-29-17-21/h2-10,15-17,24,27,32H,11-14H2,1H3,(H,28,29)(H,30,33). The quantitative estimate of drug-likeness (QED) is 0.484. The molecule has 1 unspecified atom stereocenters. The number of nitrogens with one attached hydrogen (secondary N) is 4. The highest BCUT2D eigenvalue weighted by molar-refractivity contribution is 5.99. The van der Waals surface area contributed by atoms with Crippen molar-refractivity contribution in [3.8, 4) is 11.1 Å². The Kier molecular flexibility index (Phi) is 5.79. The maximum absolute atomic E-state index is 13.7. The van der Waals surface area contributed by atoms with Gasteiger partial charge in [-0.05, 0) is 67.8 Å². The fourth-order valence-electron chi connectivity index (χ4n) is 4.62. The van der Waals surface area contributed by atoms with Gasteiger partial charge in [0.15, 0.2) is 0 Å². The number of hydrogen-bond acceptors (Lipinski definition) is 5. The zero-order chi connectivity index (χ0) is 22.7. The Morgan fingerprint density at radius 2 is 1.91 bits per heavy atom. The van der Waals surface area contributed by atoms with Crippen LogP contribution in [0, 0.1) is 0 Å². The molecule has 2 aromatic carbocycles. The molecule has 2 aliphatic rings. The van der Waals surface area contributed by atoms with Crippen molar-refractivity contribution in [3.05, 3.63) is 84.2 Å². The van der Waals surface area contributed by atoms with E-state index in [1.807, 2.05) is 43.5 Å². The number of aromatic amines is 1. The number of anilines is 1. The number of hydrogen-bond donors (Lipinski definition) is 4. The molecule has 0 radical (unpaired) electrons. The van der Waals surface area contributed by atoms with Crippen molar-refractivity contribution < 1.29 is 4.79 Å². The molecule has 7 heteroatoms. The van der Waals surface area contributed by atoms with E-state index in [0.717, 1.165) is 59.6 Å². The second kappa shape index (κ2) is 9.03. The van der Waals surface area contributed by atoms with Crippen molar-refractivity contribution in [3.63, 3.8) is 0 Å². The largest absolute Gasteiger partial charge is 0.325 e. The molecule has 2 aliphatic heterocycles. The van der Waals surface area contributed by atoms with Crippen LogP contribution in [-0.2, 0) is 10.2 Å². The number of allylic oxidation sites excluding steroid dienone is 1. The molecule has 1 fully saturated rings. The lowest BCUT2D eigenvalue weighted by atomic mass is 9.72. The van der Waals surface area contributed by atoms with Gasteiger partial charge in [0.1, 0.15) is 0 Å². The molecule has 3 heterocycles. The number of hydrazone groups is 1. The van der Waals surface area contributed by atoms with E-state index in [9.17, 15) is 4.79 Å². The highest BCUT2D eigenvalue weighted by Crippen LogP contribution is 2.36. The van der Waals surface area contributed by atoms with Crippen LogP contribution in [0.4, 0.5) is 5.69 Å². The van der Waals surface area contributed by atoms with Gasteiger partial charge in [-0.3, -0.25) is 15.3 Å². The van der Waals surface area contributed by atoms with Crippen molar-refractivity contribution in [2.75, 3.05) is 18.4 Å². The Morgan fingerprint density at radius 3 is 2.61 bits per heavy atom. The molecule has 4 N–H and O–H groups in total. The van der Waals surface area contributed by atoms with Crippen LogP contribution in [0.5, 0.6) is 0 Å². The van der Waals surface area contributed by atoms with Crippen LogP contribution in [0.2, 0.25) is 0 Å². The van der Waals surface area contributed by atoms with Gasteiger partial charge in [-0.2, -0.15) is 10.2 Å². The minimum atomic E-state index is -0.569. The molecule has 168 valence electrons. The third-order valence-electron chi connectivity index (χ3n) is 6.57. The molecule has 3 aromatic rings. The average Bonchev–Trinajstić information content (AvgIpc) is 3.40. The predicted octanol–water partition coefficient (Wildman–Crippen LogP) is 3.91. The Morgan fingerprint density at radius 1 is 1.09 bits per heavy atom. The van der Waals surface area contributed by atoms with Crippen molar-refractivity contribution in [2.45, 2.75) is 31.2 Å². The Balaban J connectivity index is 1.39. The molecular weight excluding hydrogens is 412 g/mol. The number of amides is 1. The van der Waals surface area contributed by atoms with Crippen molar-refractivity contribution in [1.29, 1.82) is 0 Å². The highest BCUT2D eigenvalue weighted by atomic mass is 16.2. The number of benzene rings is 2. The molecule has 1 amide bonds. The van der Waals surface area contributed by atoms with Gasteiger partial charge in [0.25, 0.3) is 0 Å². The summed E-state index contributed by atoms with van der Waals surface area (Å²) < 4.78 is 0. The first kappa shape index (κ1) is 21.2. The van der Waals surface area contributed by atoms with Gasteiger partial charge in [-0.1, -0.05) is 42.5 Å². The van der Waals surface area contributed by atoms with Crippen molar-refractivity contribution >= 4 is 17.3 Å². The second-order valence-electron chi connectivity index (χ2n) is 8.70. The highest BCUT2D eigenvalue weighted by Gasteiger charge is 2.41. The Bertz CT molecular complexity index is 1170. The summed E-state index contributed by atoms with van der Waals surface area (Å²) in [5, 5.41) is 17.8. The van der Waals surface area contributed by atoms with Crippen molar-refractivity contribution in [2.24, 2.45) is 5.10 Å². The topological polar surface area (TPSA) is 94.2 Å². The van der Waals surface area contributed by atoms with Crippen LogP contribution in [0.1, 0.15) is 36.9 Å². The van der Waals surface area contributed by atoms with Gasteiger partial charge in [0.2, 0.25) is 5.91 Å². The summed E-state index contributed by atoms with van der Waals surface area (Å²) in [4.78, 5) is 13.7. The summed E-state index contributed by atoms with van der Waals surface area (Å²) >= 11 is 0. The lowest BCUT2D eigenvalue weighted by molar-refractivity contribution is -0.122. The van der Waals surface area contributed by atoms with Gasteiger partial charge in [-0.15, -0.1) is 0 Å². The summed E-state index contributed by atoms with van der Waals surface area (Å²) in [5.41, 5.74) is 8.55. The lowest BCUT2D eigenvalue weighted by Crippen LogP contribution is -2.48. The molecule has 0 bridgehead atoms. The maximum Gasteiger partial charge on any atom is 0.235 e. The second-order valence-corrected chi connectivity index (χ2v) is 8.70. The predicted molar refractivity (Wildman–Crippen MR) is 131 cm³/mol. The molecule has 0 saturated carbocycles. The monoisotopic (exact) mass is 440 g/mol. The molecule has 1 saturated heterocycles. The minimum absolute atomic E-state index is 0.00569. The number of carbonyl (C=O) groups excluding carboxylic acids is 1. The number of H-pyrrole nitrogens is 1. The van der Waals surface area contributed by atoms with E-state index in [1.54, 1.807) is 6.20 Å². The fourth-order valence-corrected chi connectivity index (χ4v) is 4.62. The first-order chi connectivity index (χ1) is 16.1. The van der Waals surface area contributed by atoms with E-state index in [1.165, 1.54) is 0 Å². The molecule has 33 heavy (non-hydrogen) atoms. The first-order valence-corrected chi connectivity index (χ1v) is 11.3. The summed E-state index contributed by atoms with van der Waals surface area (Å²) in [6, 6.07) is 16.3. The third-order valence-corrected chi connectivity index (χ3v) is 6.57. The molecule has 1 atom stereocenters. The molecule has 0 aliphatic carbocycles. The molecule has 1 aromatic heterocycles. The zero-order valence-corrected chi connectivity index (χ0v) is 18.6. The van der Waals surface area contributed by atoms with Crippen LogP contribution in [0.25, 0.3) is 11.1 Å². The third kappa shape index (κ3) is 4.32. The Hall–Kier alpha value is -3.71. The maximum atomic E-state index is 13.7. The number of nitrogens with zero attached hydrogens (tertiary/aromatic N) is 2. The van der Waals surface area contributed by atoms with Gasteiger partial charge in [0, 0.05) is 17.4 Å². The van der Waals surface area contributed by atoms with E-state index in [0.29, 0.717) is 0 Å². The summed E-state index contributed by atoms with van der Waals surface area (Å²) in [5.74, 6) is 0.0400. The SMILES string of the molecule is CC1=NNC(c2cccc(NC(=O)C3(c4ccc(-c5cn[nH]c5)cc4)CCNCC3)c2)C=C1. The van der Waals surface area contributed by atoms with Crippen LogP contribution in [-0.4, -0.2) is 34.9 Å². The normalized spacial score (nSPS) is 19.4. The summed E-state index contributed by atoms with van der Waals surface area (Å²) in [6.07, 6.45) is 9.27. The average molecular weight is 441 g/mol. The van der Waals surface area contributed by atoms with Crippen LogP contribution in [0.3, 0.4) is 0 Å². The molecular formula is C26H28N6O. The van der Waals surface area contributed by atoms with Crippen molar-refractivity contribution in [1.82, 2.24) is 20.9 Å². The Labute approximate surface area is 193 Å². The van der Waals surface area contributed by atoms with Gasteiger partial charge in [0.05, 0.1) is 23.4 Å². The van der Waals surface area contributed by atoms with Crippen LogP contribution >= 0.6 is 0 Å². The van der Waals surface area contributed by atoms with Gasteiger partial charge >= 0.3 is 0 Å². The summed E-state index contributed by atoms with van der Waals surface area (Å²) in [7, 11) is 0. The number of rotatable bonds is 5. The van der Waals surface area contributed by atoms with Gasteiger partial charge < -0.3 is 10.6 Å². The van der Waals surface area contributed by atoms with Crippen LogP contribution < -0.4 is 16.1 Å². The van der Waals surface area contributed by atoms with E-state index < -0.39 is 5.41 Å². The molecule has 7 nitrogen and oxygen atoms in total. The van der Waals surface area contributed by atoms with Crippen LogP contribution in [0.15, 0.2) is 78.2 Å². The van der Waals surface area contributed by atoms with E-state index in [-0.39, 0.29) is 11.9 Å². The van der Waals surface area contributed by atoms with Gasteiger partial charge in [-0.25, -0.2) is 0 Å². The summed E-state index contributed by atoms with van der Waals surface area (Å²) in [6.45, 7) is 3.58. The lowest BCUT2D eigenvalue weighted by Gasteiger charge is -2.37. The smallest absolute Gasteiger partial charge is 0.235 e. The number of aromatic nitrogens is 2. The molecule has 5 rings (SSSR count). The minimum Gasteiger partial charge on any atom is -0.325 e. The first-order valence-electron chi connectivity index (χ1n) is 11.3. The van der Waals surface area contributed by atoms with E-state index in [4.69, 9.17) is 0 Å². The fraction of sp³-hybridized carbons (Fsp3) is 0.269.